The first-order valence-corrected chi connectivity index (χ1v) is 12.2. The van der Waals surface area contributed by atoms with Crippen molar-refractivity contribution in [2.45, 2.75) is 46.5 Å². The van der Waals surface area contributed by atoms with E-state index in [1.54, 1.807) is 0 Å². The second-order valence-electron chi connectivity index (χ2n) is 9.58. The van der Waals surface area contributed by atoms with E-state index in [4.69, 9.17) is 0 Å². The van der Waals surface area contributed by atoms with Gasteiger partial charge in [0.2, 0.25) is 0 Å². The van der Waals surface area contributed by atoms with Crippen molar-refractivity contribution in [1.29, 1.82) is 0 Å². The topological polar surface area (TPSA) is 0 Å². The highest BCUT2D eigenvalue weighted by Gasteiger charge is 2.45. The molecule has 0 bridgehead atoms. The molecular formula is C28H26Br2. The van der Waals surface area contributed by atoms with E-state index in [1.165, 1.54) is 54.2 Å². The SMILES string of the molecule is CC1=Cc2c(Br)cccc2C1C(C)(C)C1C(C)=Cc2c1cc1cc(Br)ccc1c2C. The van der Waals surface area contributed by atoms with Gasteiger partial charge in [-0.3, -0.25) is 0 Å². The van der Waals surface area contributed by atoms with Crippen LogP contribution in [0.2, 0.25) is 0 Å². The Morgan fingerprint density at radius 2 is 1.43 bits per heavy atom. The fraction of sp³-hybridized carbons (Fsp3) is 0.286. The van der Waals surface area contributed by atoms with Gasteiger partial charge in [-0.25, -0.2) is 0 Å². The number of hydrogen-bond donors (Lipinski definition) is 0. The van der Waals surface area contributed by atoms with Gasteiger partial charge in [0.25, 0.3) is 0 Å². The van der Waals surface area contributed by atoms with Crippen molar-refractivity contribution < 1.29 is 0 Å². The standard InChI is InChI=1S/C28H26Br2/c1-15-11-22-17(3)20-10-9-19(29)13-18(20)14-24(22)27(15)28(4,5)26-16(2)12-23-21(26)7-6-8-25(23)30/h6-14,26-27H,1-5H3. The Balaban J connectivity index is 1.70. The summed E-state index contributed by atoms with van der Waals surface area (Å²) in [5.41, 5.74) is 10.1. The van der Waals surface area contributed by atoms with Crippen LogP contribution in [0, 0.1) is 12.3 Å². The molecule has 3 aromatic rings. The summed E-state index contributed by atoms with van der Waals surface area (Å²) in [6, 6.07) is 15.7. The van der Waals surface area contributed by atoms with Gasteiger partial charge in [-0.05, 0) is 89.0 Å². The van der Waals surface area contributed by atoms with Crippen LogP contribution < -0.4 is 0 Å². The number of allylic oxidation sites excluding steroid dienone is 2. The zero-order valence-corrected chi connectivity index (χ0v) is 21.3. The van der Waals surface area contributed by atoms with Gasteiger partial charge < -0.3 is 0 Å². The van der Waals surface area contributed by atoms with E-state index in [9.17, 15) is 0 Å². The minimum atomic E-state index is 0.0601. The molecule has 2 heteroatoms. The van der Waals surface area contributed by atoms with Crippen molar-refractivity contribution in [3.63, 3.8) is 0 Å². The monoisotopic (exact) mass is 520 g/mol. The molecule has 152 valence electrons. The molecule has 0 saturated heterocycles. The van der Waals surface area contributed by atoms with E-state index >= 15 is 0 Å². The van der Waals surface area contributed by atoms with Gasteiger partial charge in [0.1, 0.15) is 0 Å². The summed E-state index contributed by atoms with van der Waals surface area (Å²) < 4.78 is 2.34. The van der Waals surface area contributed by atoms with Gasteiger partial charge >= 0.3 is 0 Å². The summed E-state index contributed by atoms with van der Waals surface area (Å²) >= 11 is 7.44. The molecule has 0 amide bonds. The van der Waals surface area contributed by atoms with E-state index in [0.29, 0.717) is 11.8 Å². The zero-order chi connectivity index (χ0) is 21.4. The van der Waals surface area contributed by atoms with Crippen LogP contribution in [0.1, 0.15) is 67.3 Å². The Bertz CT molecular complexity index is 1270. The van der Waals surface area contributed by atoms with Gasteiger partial charge in [0.15, 0.2) is 0 Å². The predicted molar refractivity (Wildman–Crippen MR) is 137 cm³/mol. The Morgan fingerprint density at radius 1 is 0.767 bits per heavy atom. The van der Waals surface area contributed by atoms with E-state index in [2.05, 4.69) is 121 Å². The average molecular weight is 522 g/mol. The number of hydrogen-bond acceptors (Lipinski definition) is 0. The minimum Gasteiger partial charge on any atom is -0.0646 e. The predicted octanol–water partition coefficient (Wildman–Crippen LogP) is 9.40. The van der Waals surface area contributed by atoms with Crippen molar-refractivity contribution in [1.82, 2.24) is 0 Å². The second kappa shape index (κ2) is 6.93. The van der Waals surface area contributed by atoms with Crippen LogP contribution in [-0.4, -0.2) is 0 Å². The van der Waals surface area contributed by atoms with Gasteiger partial charge in [-0.1, -0.05) is 87.2 Å². The molecule has 0 radical (unpaired) electrons. The van der Waals surface area contributed by atoms with Crippen molar-refractivity contribution in [2.75, 3.05) is 0 Å². The highest BCUT2D eigenvalue weighted by atomic mass is 79.9. The maximum Gasteiger partial charge on any atom is 0.0250 e. The number of aryl methyl sites for hydroxylation is 1. The Kier molecular flexibility index (Phi) is 4.69. The van der Waals surface area contributed by atoms with Crippen LogP contribution in [0.25, 0.3) is 22.9 Å². The Hall–Kier alpha value is -1.64. The Labute approximate surface area is 196 Å². The molecule has 5 rings (SSSR count). The molecule has 2 aliphatic rings. The molecular weight excluding hydrogens is 496 g/mol. The fourth-order valence-corrected chi connectivity index (χ4v) is 7.12. The molecule has 0 spiro atoms. The molecule has 2 unspecified atom stereocenters. The molecule has 0 fully saturated rings. The Morgan fingerprint density at radius 3 is 2.17 bits per heavy atom. The lowest BCUT2D eigenvalue weighted by atomic mass is 9.62. The summed E-state index contributed by atoms with van der Waals surface area (Å²) in [6.07, 6.45) is 4.82. The van der Waals surface area contributed by atoms with Crippen molar-refractivity contribution >= 4 is 54.8 Å². The third-order valence-corrected chi connectivity index (χ3v) is 8.48. The first-order valence-electron chi connectivity index (χ1n) is 10.6. The van der Waals surface area contributed by atoms with Gasteiger partial charge in [0, 0.05) is 20.8 Å². The highest BCUT2D eigenvalue weighted by molar-refractivity contribution is 9.10. The van der Waals surface area contributed by atoms with Gasteiger partial charge in [-0.15, -0.1) is 0 Å². The van der Waals surface area contributed by atoms with Crippen LogP contribution in [0.4, 0.5) is 0 Å². The smallest absolute Gasteiger partial charge is 0.0250 e. The molecule has 0 aliphatic heterocycles. The number of fused-ring (bicyclic) bond motifs is 3. The first-order chi connectivity index (χ1) is 14.2. The van der Waals surface area contributed by atoms with Crippen LogP contribution in [0.3, 0.4) is 0 Å². The molecule has 0 saturated carbocycles. The molecule has 2 aliphatic carbocycles. The normalized spacial score (nSPS) is 20.2. The second-order valence-corrected chi connectivity index (χ2v) is 11.3. The van der Waals surface area contributed by atoms with Crippen LogP contribution >= 0.6 is 31.9 Å². The maximum absolute atomic E-state index is 3.77. The van der Waals surface area contributed by atoms with E-state index < -0.39 is 0 Å². The van der Waals surface area contributed by atoms with Gasteiger partial charge in [0.05, 0.1) is 0 Å². The number of halogens is 2. The lowest BCUT2D eigenvalue weighted by Crippen LogP contribution is -2.29. The summed E-state index contributed by atoms with van der Waals surface area (Å²) in [5.74, 6) is 0.802. The largest absolute Gasteiger partial charge is 0.0646 e. The number of rotatable bonds is 2. The maximum atomic E-state index is 3.77. The van der Waals surface area contributed by atoms with E-state index in [1.807, 2.05) is 0 Å². The molecule has 3 aromatic carbocycles. The highest BCUT2D eigenvalue weighted by Crippen LogP contribution is 2.59. The summed E-state index contributed by atoms with van der Waals surface area (Å²) in [4.78, 5) is 0. The fourth-order valence-electron chi connectivity index (χ4n) is 6.24. The molecule has 0 aromatic heterocycles. The van der Waals surface area contributed by atoms with Crippen LogP contribution in [-0.2, 0) is 0 Å². The van der Waals surface area contributed by atoms with Crippen molar-refractivity contribution in [2.24, 2.45) is 5.41 Å². The lowest BCUT2D eigenvalue weighted by molar-refractivity contribution is 0.275. The lowest BCUT2D eigenvalue weighted by Gasteiger charge is -2.41. The van der Waals surface area contributed by atoms with Crippen molar-refractivity contribution in [3.8, 4) is 0 Å². The van der Waals surface area contributed by atoms with Crippen LogP contribution in [0.5, 0.6) is 0 Å². The molecule has 0 heterocycles. The zero-order valence-electron chi connectivity index (χ0n) is 18.1. The molecule has 0 N–H and O–H groups in total. The average Bonchev–Trinajstić information content (AvgIpc) is 3.19. The molecule has 2 atom stereocenters. The summed E-state index contributed by atoms with van der Waals surface area (Å²) in [5, 5.41) is 2.68. The summed E-state index contributed by atoms with van der Waals surface area (Å²) in [6.45, 7) is 11.8. The van der Waals surface area contributed by atoms with Gasteiger partial charge in [-0.2, -0.15) is 0 Å². The van der Waals surface area contributed by atoms with Crippen molar-refractivity contribution in [3.05, 3.63) is 90.4 Å². The minimum absolute atomic E-state index is 0.0601. The number of benzene rings is 3. The van der Waals surface area contributed by atoms with Crippen LogP contribution in [0.15, 0.2) is 62.6 Å². The molecule has 30 heavy (non-hydrogen) atoms. The first kappa shape index (κ1) is 20.3. The third-order valence-electron chi connectivity index (χ3n) is 7.30. The third kappa shape index (κ3) is 2.83. The van der Waals surface area contributed by atoms with E-state index in [-0.39, 0.29) is 5.41 Å². The quantitative estimate of drug-likeness (QED) is 0.315. The summed E-state index contributed by atoms with van der Waals surface area (Å²) in [7, 11) is 0. The van der Waals surface area contributed by atoms with E-state index in [0.717, 1.165) is 4.47 Å². The molecule has 0 nitrogen and oxygen atoms in total.